The molecule has 0 radical (unpaired) electrons. The van der Waals surface area contributed by atoms with Gasteiger partial charge in [-0.05, 0) is 59.0 Å². The lowest BCUT2D eigenvalue weighted by molar-refractivity contribution is -0.167. The number of pyridine rings is 2. The second-order valence-corrected chi connectivity index (χ2v) is 11.8. The van der Waals surface area contributed by atoms with E-state index in [2.05, 4.69) is 10.3 Å². The molecule has 2 aliphatic rings. The third-order valence-electron chi connectivity index (χ3n) is 8.89. The average molecular weight is 669 g/mol. The SMILES string of the molecule is COC(=O)[C@H](Cc1ccc(-c2cc3cnccc3n(C)c2=O)c2c1COC2)NC(=O)c1c(C)cc(N2CCOC[C@@H]2C(F)(F)F)cc1F. The van der Waals surface area contributed by atoms with Crippen molar-refractivity contribution in [2.24, 2.45) is 7.05 Å². The molecule has 2 atom stereocenters. The highest BCUT2D eigenvalue weighted by molar-refractivity contribution is 5.98. The summed E-state index contributed by atoms with van der Waals surface area (Å²) in [6.07, 6.45) is -1.36. The monoisotopic (exact) mass is 668 g/mol. The molecule has 0 unspecified atom stereocenters. The number of amides is 1. The largest absolute Gasteiger partial charge is 0.467 e. The number of aromatic nitrogens is 2. The number of nitrogens with zero attached hydrogens (tertiary/aromatic N) is 3. The number of methoxy groups -OCH3 is 1. The van der Waals surface area contributed by atoms with Gasteiger partial charge in [-0.15, -0.1) is 0 Å². The lowest BCUT2D eigenvalue weighted by Crippen LogP contribution is -2.53. The van der Waals surface area contributed by atoms with E-state index in [4.69, 9.17) is 14.2 Å². The second kappa shape index (κ2) is 13.0. The molecule has 1 amide bonds. The molecule has 2 aromatic carbocycles. The molecule has 4 aromatic rings. The molecule has 2 aromatic heterocycles. The van der Waals surface area contributed by atoms with Crippen LogP contribution in [0.3, 0.4) is 0 Å². The Hall–Kier alpha value is -4.82. The normalized spacial score (nSPS) is 16.9. The number of hydrogen-bond acceptors (Lipinski definition) is 8. The van der Waals surface area contributed by atoms with Crippen molar-refractivity contribution < 1.29 is 41.4 Å². The van der Waals surface area contributed by atoms with Gasteiger partial charge in [0.1, 0.15) is 17.9 Å². The van der Waals surface area contributed by atoms with Gasteiger partial charge in [-0.1, -0.05) is 12.1 Å². The van der Waals surface area contributed by atoms with Crippen molar-refractivity contribution in [3.05, 3.63) is 92.8 Å². The molecule has 10 nitrogen and oxygen atoms in total. The Balaban J connectivity index is 1.28. The van der Waals surface area contributed by atoms with Crippen molar-refractivity contribution in [2.45, 2.75) is 44.8 Å². The maximum absolute atomic E-state index is 15.5. The molecule has 0 aliphatic carbocycles. The number of fused-ring (bicyclic) bond motifs is 2. The number of aryl methyl sites for hydroxylation is 2. The van der Waals surface area contributed by atoms with Crippen LogP contribution in [0.1, 0.15) is 32.6 Å². The highest BCUT2D eigenvalue weighted by Gasteiger charge is 2.45. The molecule has 2 aliphatic heterocycles. The van der Waals surface area contributed by atoms with Crippen LogP contribution in [0.4, 0.5) is 23.2 Å². The third-order valence-corrected chi connectivity index (χ3v) is 8.89. The van der Waals surface area contributed by atoms with Crippen LogP contribution in [0, 0.1) is 12.7 Å². The number of hydrogen-bond donors (Lipinski definition) is 1. The summed E-state index contributed by atoms with van der Waals surface area (Å²) in [6, 6.07) is 6.03. The first kappa shape index (κ1) is 33.1. The summed E-state index contributed by atoms with van der Waals surface area (Å²) in [7, 11) is 2.84. The van der Waals surface area contributed by atoms with Crippen molar-refractivity contribution in [1.29, 1.82) is 0 Å². The number of carbonyl (C=O) groups excluding carboxylic acids is 2. The molecule has 6 rings (SSSR count). The van der Waals surface area contributed by atoms with Gasteiger partial charge in [0.2, 0.25) is 0 Å². The van der Waals surface area contributed by atoms with Crippen LogP contribution < -0.4 is 15.8 Å². The summed E-state index contributed by atoms with van der Waals surface area (Å²) >= 11 is 0. The molecule has 252 valence electrons. The lowest BCUT2D eigenvalue weighted by Gasteiger charge is -2.38. The first-order chi connectivity index (χ1) is 22.9. The van der Waals surface area contributed by atoms with Crippen LogP contribution in [0.15, 0.2) is 53.6 Å². The zero-order chi connectivity index (χ0) is 34.3. The summed E-state index contributed by atoms with van der Waals surface area (Å²) in [4.78, 5) is 44.9. The van der Waals surface area contributed by atoms with Gasteiger partial charge in [0, 0.05) is 49.0 Å². The molecule has 1 saturated heterocycles. The van der Waals surface area contributed by atoms with Crippen molar-refractivity contribution in [1.82, 2.24) is 14.9 Å². The fourth-order valence-electron chi connectivity index (χ4n) is 6.45. The van der Waals surface area contributed by atoms with E-state index in [0.29, 0.717) is 16.7 Å². The number of carbonyl (C=O) groups is 2. The van der Waals surface area contributed by atoms with Crippen molar-refractivity contribution in [3.8, 4) is 11.1 Å². The number of morpholine rings is 1. The zero-order valence-corrected chi connectivity index (χ0v) is 26.3. The number of nitrogens with one attached hydrogen (secondary N) is 1. The minimum absolute atomic E-state index is 0.0302. The Morgan fingerprint density at radius 3 is 2.60 bits per heavy atom. The maximum Gasteiger partial charge on any atom is 0.411 e. The van der Waals surface area contributed by atoms with Crippen molar-refractivity contribution in [3.63, 3.8) is 0 Å². The molecule has 0 bridgehead atoms. The fraction of sp³-hybridized carbons (Fsp3) is 0.353. The van der Waals surface area contributed by atoms with Crippen LogP contribution in [0.5, 0.6) is 0 Å². The van der Waals surface area contributed by atoms with Crippen molar-refractivity contribution >= 4 is 28.5 Å². The molecule has 1 fully saturated rings. The standard InChI is InChI=1S/C34H32F4N4O6/c1-18-10-21(42-8-9-47-17-29(42)34(36,37)38)13-26(35)30(18)31(43)40-27(33(45)46-3)12-19-4-5-22(25-16-48-15-24(19)25)23-11-20-14-39-7-6-28(20)41(2)32(23)44/h4-7,10-11,13-14,27,29H,8-9,12,15-17H2,1-3H3,(H,40,43)/t27-,29+/m0/s1. The highest BCUT2D eigenvalue weighted by Crippen LogP contribution is 2.35. The van der Waals surface area contributed by atoms with Gasteiger partial charge >= 0.3 is 12.1 Å². The maximum atomic E-state index is 15.5. The summed E-state index contributed by atoms with van der Waals surface area (Å²) in [5.74, 6) is -2.75. The van der Waals surface area contributed by atoms with Crippen LogP contribution in [0.2, 0.25) is 0 Å². The molecular formula is C34H32F4N4O6. The topological polar surface area (TPSA) is 112 Å². The number of alkyl halides is 3. The first-order valence-electron chi connectivity index (χ1n) is 15.1. The Labute approximate surface area is 272 Å². The second-order valence-electron chi connectivity index (χ2n) is 11.8. The number of benzene rings is 2. The summed E-state index contributed by atoms with van der Waals surface area (Å²) in [5.41, 5.74) is 3.46. The third kappa shape index (κ3) is 6.13. The fourth-order valence-corrected chi connectivity index (χ4v) is 6.45. The Kier molecular flexibility index (Phi) is 8.96. The number of rotatable bonds is 7. The number of anilines is 1. The Bertz CT molecular complexity index is 1960. The molecule has 14 heteroatoms. The summed E-state index contributed by atoms with van der Waals surface area (Å²) < 4.78 is 73.7. The van der Waals surface area contributed by atoms with Gasteiger partial charge in [0.15, 0.2) is 0 Å². The average Bonchev–Trinajstić information content (AvgIpc) is 3.56. The van der Waals surface area contributed by atoms with E-state index in [9.17, 15) is 27.6 Å². The van der Waals surface area contributed by atoms with E-state index in [1.54, 1.807) is 48.3 Å². The van der Waals surface area contributed by atoms with Gasteiger partial charge in [-0.2, -0.15) is 13.2 Å². The minimum atomic E-state index is -4.61. The predicted molar refractivity (Wildman–Crippen MR) is 167 cm³/mol. The first-order valence-corrected chi connectivity index (χ1v) is 15.1. The van der Waals surface area contributed by atoms with Gasteiger partial charge in [-0.3, -0.25) is 14.6 Å². The van der Waals surface area contributed by atoms with E-state index < -0.39 is 48.1 Å². The Morgan fingerprint density at radius 2 is 1.88 bits per heavy atom. The van der Waals surface area contributed by atoms with E-state index in [1.807, 2.05) is 0 Å². The van der Waals surface area contributed by atoms with Gasteiger partial charge < -0.3 is 29.0 Å². The van der Waals surface area contributed by atoms with E-state index in [0.717, 1.165) is 40.1 Å². The van der Waals surface area contributed by atoms with Gasteiger partial charge in [0.05, 0.1) is 44.6 Å². The molecule has 0 spiro atoms. The molecule has 4 heterocycles. The van der Waals surface area contributed by atoms with Crippen LogP contribution in [-0.4, -0.2) is 66.6 Å². The minimum Gasteiger partial charge on any atom is -0.467 e. The number of halogens is 4. The smallest absolute Gasteiger partial charge is 0.411 e. The Morgan fingerprint density at radius 1 is 1.10 bits per heavy atom. The van der Waals surface area contributed by atoms with Crippen LogP contribution >= 0.6 is 0 Å². The number of esters is 1. The quantitative estimate of drug-likeness (QED) is 0.229. The number of ether oxygens (including phenoxy) is 3. The van der Waals surface area contributed by atoms with Crippen LogP contribution in [0.25, 0.3) is 22.0 Å². The van der Waals surface area contributed by atoms with E-state index in [1.165, 1.54) is 13.0 Å². The van der Waals surface area contributed by atoms with Crippen molar-refractivity contribution in [2.75, 3.05) is 31.8 Å². The molecule has 0 saturated carbocycles. The molecule has 48 heavy (non-hydrogen) atoms. The van der Waals surface area contributed by atoms with Crippen LogP contribution in [-0.2, 0) is 45.7 Å². The van der Waals surface area contributed by atoms with E-state index >= 15 is 4.39 Å². The van der Waals surface area contributed by atoms with E-state index in [-0.39, 0.29) is 49.6 Å². The lowest BCUT2D eigenvalue weighted by atomic mass is 9.91. The van der Waals surface area contributed by atoms with Gasteiger partial charge in [0.25, 0.3) is 11.5 Å². The summed E-state index contributed by atoms with van der Waals surface area (Å²) in [6.45, 7) is 1.15. The summed E-state index contributed by atoms with van der Waals surface area (Å²) in [5, 5.41) is 3.33. The van der Waals surface area contributed by atoms with Gasteiger partial charge in [-0.25, -0.2) is 9.18 Å². The molecule has 1 N–H and O–H groups in total. The zero-order valence-electron chi connectivity index (χ0n) is 26.3. The highest BCUT2D eigenvalue weighted by atomic mass is 19.4. The predicted octanol–water partition coefficient (Wildman–Crippen LogP) is 4.36. The molecular weight excluding hydrogens is 636 g/mol.